The van der Waals surface area contributed by atoms with E-state index in [9.17, 15) is 23.1 Å². The average molecular weight is 413 g/mol. The van der Waals surface area contributed by atoms with Crippen molar-refractivity contribution in [3.63, 3.8) is 0 Å². The van der Waals surface area contributed by atoms with Gasteiger partial charge in [-0.3, -0.25) is 10.2 Å². The van der Waals surface area contributed by atoms with E-state index in [4.69, 9.17) is 0 Å². The van der Waals surface area contributed by atoms with E-state index in [-0.39, 0.29) is 16.0 Å². The third-order valence-corrected chi connectivity index (χ3v) is 5.86. The SMILES string of the molecule is Cc1cc(C(=O)O)cc(S(=O)(=O)NNC(=O)c2ccccc2-n2cccc2)c1C. The van der Waals surface area contributed by atoms with Crippen molar-refractivity contribution in [2.24, 2.45) is 0 Å². The van der Waals surface area contributed by atoms with Crippen LogP contribution in [0.15, 0.2) is 65.8 Å². The van der Waals surface area contributed by atoms with Gasteiger partial charge in [0.05, 0.1) is 21.7 Å². The van der Waals surface area contributed by atoms with Crippen molar-refractivity contribution >= 4 is 21.9 Å². The third kappa shape index (κ3) is 4.20. The summed E-state index contributed by atoms with van der Waals surface area (Å²) in [5.41, 5.74) is 3.79. The topological polar surface area (TPSA) is 118 Å². The number of aromatic carboxylic acids is 1. The van der Waals surface area contributed by atoms with Crippen molar-refractivity contribution in [1.82, 2.24) is 14.8 Å². The number of sulfonamides is 1. The Kier molecular flexibility index (Phi) is 5.53. The van der Waals surface area contributed by atoms with E-state index in [0.717, 1.165) is 6.07 Å². The minimum Gasteiger partial charge on any atom is -0.478 e. The number of carbonyl (C=O) groups excluding carboxylic acids is 1. The van der Waals surface area contributed by atoms with Gasteiger partial charge < -0.3 is 9.67 Å². The zero-order valence-electron chi connectivity index (χ0n) is 15.7. The summed E-state index contributed by atoms with van der Waals surface area (Å²) >= 11 is 0. The Balaban J connectivity index is 1.87. The Bertz CT molecular complexity index is 1180. The van der Waals surface area contributed by atoms with Gasteiger partial charge in [-0.25, -0.2) is 13.2 Å². The maximum absolute atomic E-state index is 12.7. The quantitative estimate of drug-likeness (QED) is 0.537. The lowest BCUT2D eigenvalue weighted by molar-refractivity contribution is 0.0696. The van der Waals surface area contributed by atoms with Crippen LogP contribution in [0.25, 0.3) is 5.69 Å². The van der Waals surface area contributed by atoms with E-state index in [2.05, 4.69) is 10.3 Å². The molecule has 1 amide bonds. The van der Waals surface area contributed by atoms with Gasteiger partial charge >= 0.3 is 5.97 Å². The summed E-state index contributed by atoms with van der Waals surface area (Å²) in [5, 5.41) is 9.19. The van der Waals surface area contributed by atoms with Crippen molar-refractivity contribution in [1.29, 1.82) is 0 Å². The minimum atomic E-state index is -4.19. The van der Waals surface area contributed by atoms with Crippen LogP contribution in [0, 0.1) is 13.8 Å². The number of nitrogens with zero attached hydrogens (tertiary/aromatic N) is 1. The van der Waals surface area contributed by atoms with Gasteiger partial charge in [-0.2, -0.15) is 0 Å². The van der Waals surface area contributed by atoms with Crippen LogP contribution in [0.4, 0.5) is 0 Å². The number of rotatable bonds is 6. The van der Waals surface area contributed by atoms with Crippen molar-refractivity contribution in [3.8, 4) is 5.69 Å². The number of carboxylic acid groups (broad SMARTS) is 1. The fourth-order valence-electron chi connectivity index (χ4n) is 2.85. The second-order valence-electron chi connectivity index (χ2n) is 6.39. The molecule has 1 heterocycles. The van der Waals surface area contributed by atoms with Crippen LogP contribution in [-0.4, -0.2) is 30.0 Å². The predicted molar refractivity (Wildman–Crippen MR) is 106 cm³/mol. The van der Waals surface area contributed by atoms with Gasteiger partial charge in [-0.15, -0.1) is 4.83 Å². The summed E-state index contributed by atoms with van der Waals surface area (Å²) in [6.45, 7) is 3.19. The van der Waals surface area contributed by atoms with Crippen LogP contribution in [-0.2, 0) is 10.0 Å². The third-order valence-electron chi connectivity index (χ3n) is 4.49. The molecule has 3 rings (SSSR count). The monoisotopic (exact) mass is 413 g/mol. The molecule has 2 aromatic carbocycles. The fraction of sp³-hybridized carbons (Fsp3) is 0.100. The highest BCUT2D eigenvalue weighted by atomic mass is 32.2. The molecule has 29 heavy (non-hydrogen) atoms. The second-order valence-corrected chi connectivity index (χ2v) is 8.04. The zero-order valence-corrected chi connectivity index (χ0v) is 16.5. The van der Waals surface area contributed by atoms with Crippen LogP contribution in [0.2, 0.25) is 0 Å². The first-order valence-corrected chi connectivity index (χ1v) is 10.1. The van der Waals surface area contributed by atoms with Crippen LogP contribution < -0.4 is 10.3 Å². The number of amides is 1. The summed E-state index contributed by atoms with van der Waals surface area (Å²) < 4.78 is 27.1. The van der Waals surface area contributed by atoms with E-state index in [0.29, 0.717) is 16.8 Å². The molecule has 0 aliphatic carbocycles. The Hall–Kier alpha value is -3.43. The summed E-state index contributed by atoms with van der Waals surface area (Å²) in [6.07, 6.45) is 3.53. The Morgan fingerprint density at radius 1 is 1.00 bits per heavy atom. The molecular formula is C20H19N3O5S. The molecule has 0 saturated carbocycles. The molecule has 0 aliphatic heterocycles. The first-order chi connectivity index (χ1) is 13.7. The number of hydrogen-bond donors (Lipinski definition) is 3. The van der Waals surface area contributed by atoms with Gasteiger partial charge in [-0.1, -0.05) is 12.1 Å². The molecule has 150 valence electrons. The van der Waals surface area contributed by atoms with Gasteiger partial charge in [0.2, 0.25) is 0 Å². The summed E-state index contributed by atoms with van der Waals surface area (Å²) in [4.78, 5) is 25.7. The second kappa shape index (κ2) is 7.90. The summed E-state index contributed by atoms with van der Waals surface area (Å²) in [6, 6.07) is 12.8. The van der Waals surface area contributed by atoms with Crippen molar-refractivity contribution < 1.29 is 23.1 Å². The maximum atomic E-state index is 12.7. The van der Waals surface area contributed by atoms with Gasteiger partial charge in [0.25, 0.3) is 15.9 Å². The first kappa shape index (κ1) is 20.3. The lowest BCUT2D eigenvalue weighted by atomic mass is 10.1. The van der Waals surface area contributed by atoms with Gasteiger partial charge in [0, 0.05) is 12.4 Å². The number of hydrazine groups is 1. The first-order valence-electron chi connectivity index (χ1n) is 8.60. The highest BCUT2D eigenvalue weighted by Crippen LogP contribution is 2.21. The Labute approximate surface area is 167 Å². The fourth-order valence-corrected chi connectivity index (χ4v) is 4.03. The normalized spacial score (nSPS) is 11.2. The van der Waals surface area contributed by atoms with Crippen LogP contribution in [0.1, 0.15) is 31.8 Å². The number of aryl methyl sites for hydroxylation is 1. The molecule has 0 bridgehead atoms. The van der Waals surface area contributed by atoms with E-state index >= 15 is 0 Å². The lowest BCUT2D eigenvalue weighted by Gasteiger charge is -2.14. The number of benzene rings is 2. The maximum Gasteiger partial charge on any atom is 0.335 e. The van der Waals surface area contributed by atoms with E-state index in [1.807, 2.05) is 0 Å². The Morgan fingerprint density at radius 2 is 1.66 bits per heavy atom. The average Bonchev–Trinajstić information content (AvgIpc) is 3.22. The Morgan fingerprint density at radius 3 is 2.31 bits per heavy atom. The van der Waals surface area contributed by atoms with Crippen molar-refractivity contribution in [2.45, 2.75) is 18.7 Å². The van der Waals surface area contributed by atoms with Gasteiger partial charge in [0.15, 0.2) is 0 Å². The molecule has 0 fully saturated rings. The largest absolute Gasteiger partial charge is 0.478 e. The molecule has 0 unspecified atom stereocenters. The van der Waals surface area contributed by atoms with Crippen molar-refractivity contribution in [3.05, 3.63) is 83.2 Å². The van der Waals surface area contributed by atoms with E-state index in [1.54, 1.807) is 67.2 Å². The molecule has 0 atom stereocenters. The number of para-hydroxylation sites is 1. The number of carboxylic acids is 1. The summed E-state index contributed by atoms with van der Waals surface area (Å²) in [5.74, 6) is -1.89. The molecule has 3 N–H and O–H groups in total. The number of hydrogen-bond acceptors (Lipinski definition) is 4. The van der Waals surface area contributed by atoms with Crippen LogP contribution in [0.3, 0.4) is 0 Å². The van der Waals surface area contributed by atoms with Crippen LogP contribution >= 0.6 is 0 Å². The minimum absolute atomic E-state index is 0.155. The molecule has 0 radical (unpaired) electrons. The van der Waals surface area contributed by atoms with E-state index < -0.39 is 21.9 Å². The van der Waals surface area contributed by atoms with Gasteiger partial charge in [0.1, 0.15) is 0 Å². The zero-order chi connectivity index (χ0) is 21.2. The highest BCUT2D eigenvalue weighted by molar-refractivity contribution is 7.89. The molecule has 3 aromatic rings. The number of carbonyl (C=O) groups is 2. The molecular weight excluding hydrogens is 394 g/mol. The standard InChI is InChI=1S/C20H19N3O5S/c1-13-11-15(20(25)26)12-18(14(13)2)29(27,28)22-21-19(24)16-7-3-4-8-17(16)23-9-5-6-10-23/h3-12,22H,1-2H3,(H,21,24)(H,25,26). The van der Waals surface area contributed by atoms with Crippen molar-refractivity contribution in [2.75, 3.05) is 0 Å². The number of aromatic nitrogens is 1. The number of nitrogens with one attached hydrogen (secondary N) is 2. The smallest absolute Gasteiger partial charge is 0.335 e. The molecule has 0 aliphatic rings. The predicted octanol–water partition coefficient (Wildman–Crippen LogP) is 2.42. The van der Waals surface area contributed by atoms with Crippen LogP contribution in [0.5, 0.6) is 0 Å². The summed E-state index contributed by atoms with van der Waals surface area (Å²) in [7, 11) is -4.19. The highest BCUT2D eigenvalue weighted by Gasteiger charge is 2.22. The molecule has 8 nitrogen and oxygen atoms in total. The van der Waals surface area contributed by atoms with E-state index in [1.165, 1.54) is 6.07 Å². The molecule has 0 spiro atoms. The molecule has 1 aromatic heterocycles. The molecule has 0 saturated heterocycles. The van der Waals surface area contributed by atoms with Gasteiger partial charge in [-0.05, 0) is 61.4 Å². The lowest BCUT2D eigenvalue weighted by Crippen LogP contribution is -2.42. The molecule has 9 heteroatoms.